The molecule has 9 heteroatoms. The zero-order valence-electron chi connectivity index (χ0n) is 14.6. The van der Waals surface area contributed by atoms with Crippen LogP contribution in [0.3, 0.4) is 0 Å². The van der Waals surface area contributed by atoms with Crippen LogP contribution in [0.1, 0.15) is 0 Å². The monoisotopic (exact) mass is 390 g/mol. The van der Waals surface area contributed by atoms with Gasteiger partial charge < -0.3 is 9.88 Å². The third kappa shape index (κ3) is 2.24. The van der Waals surface area contributed by atoms with Gasteiger partial charge >= 0.3 is 0 Å². The quantitative estimate of drug-likeness (QED) is 0.570. The zero-order chi connectivity index (χ0) is 18.7. The Bertz CT molecular complexity index is 1230. The number of rotatable bonds is 2. The van der Waals surface area contributed by atoms with Crippen molar-refractivity contribution in [1.82, 2.24) is 24.3 Å². The van der Waals surface area contributed by atoms with Gasteiger partial charge in [-0.05, 0) is 6.07 Å². The summed E-state index contributed by atoms with van der Waals surface area (Å²) in [4.78, 5) is 22.4. The summed E-state index contributed by atoms with van der Waals surface area (Å²) in [5.74, 6) is 0.563. The van der Waals surface area contributed by atoms with Gasteiger partial charge in [-0.3, -0.25) is 14.0 Å². The number of fused-ring (bicyclic) bond motifs is 2. The van der Waals surface area contributed by atoms with E-state index in [1.165, 1.54) is 4.57 Å². The van der Waals surface area contributed by atoms with E-state index in [0.29, 0.717) is 49.2 Å². The Labute approximate surface area is 158 Å². The first-order valence-electron chi connectivity index (χ1n) is 7.87. The molecule has 0 amide bonds. The Kier molecular flexibility index (Phi) is 3.75. The molecule has 7 nitrogen and oxygen atoms in total. The molecule has 0 aliphatic carbocycles. The van der Waals surface area contributed by atoms with Gasteiger partial charge in [-0.25, -0.2) is 0 Å². The van der Waals surface area contributed by atoms with Gasteiger partial charge in [0.05, 0.1) is 21.3 Å². The minimum atomic E-state index is -0.150. The van der Waals surface area contributed by atoms with Gasteiger partial charge in [-0.2, -0.15) is 10.1 Å². The lowest BCUT2D eigenvalue weighted by Gasteiger charge is -2.15. The number of aryl methyl sites for hydroxylation is 1. The molecule has 0 atom stereocenters. The van der Waals surface area contributed by atoms with Crippen LogP contribution in [0.5, 0.6) is 0 Å². The summed E-state index contributed by atoms with van der Waals surface area (Å²) in [6.45, 7) is 0. The average molecular weight is 391 g/mol. The van der Waals surface area contributed by atoms with Crippen LogP contribution in [-0.4, -0.2) is 38.4 Å². The summed E-state index contributed by atoms with van der Waals surface area (Å²) in [5, 5.41) is 6.39. The molecule has 0 spiro atoms. The largest absolute Gasteiger partial charge is 0.348 e. The first kappa shape index (κ1) is 16.9. The predicted octanol–water partition coefficient (Wildman–Crippen LogP) is 3.19. The van der Waals surface area contributed by atoms with Gasteiger partial charge in [-0.15, -0.1) is 0 Å². The van der Waals surface area contributed by atoms with Crippen LogP contribution in [0, 0.1) is 0 Å². The summed E-state index contributed by atoms with van der Waals surface area (Å²) < 4.78 is 3.09. The van der Waals surface area contributed by atoms with Crippen molar-refractivity contribution in [2.75, 3.05) is 19.0 Å². The molecule has 3 aromatic heterocycles. The fourth-order valence-electron chi connectivity index (χ4n) is 3.18. The van der Waals surface area contributed by atoms with Crippen molar-refractivity contribution in [3.8, 4) is 11.1 Å². The molecule has 0 bridgehead atoms. The maximum Gasteiger partial charge on any atom is 0.264 e. The number of aromatic nitrogens is 5. The summed E-state index contributed by atoms with van der Waals surface area (Å²) in [6, 6.07) is 3.68. The molecule has 0 radical (unpaired) electrons. The third-order valence-electron chi connectivity index (χ3n) is 4.45. The zero-order valence-corrected chi connectivity index (χ0v) is 16.1. The van der Waals surface area contributed by atoms with Crippen LogP contribution in [0.4, 0.5) is 5.95 Å². The Morgan fingerprint density at radius 3 is 2.54 bits per heavy atom. The van der Waals surface area contributed by atoms with Gasteiger partial charge in [0, 0.05) is 45.5 Å². The second kappa shape index (κ2) is 5.75. The van der Waals surface area contributed by atoms with Crippen molar-refractivity contribution in [2.45, 2.75) is 0 Å². The van der Waals surface area contributed by atoms with Crippen LogP contribution in [0.15, 0.2) is 23.1 Å². The van der Waals surface area contributed by atoms with Crippen LogP contribution < -0.4 is 10.5 Å². The Morgan fingerprint density at radius 2 is 1.85 bits per heavy atom. The van der Waals surface area contributed by atoms with Gasteiger partial charge in [0.25, 0.3) is 5.56 Å². The second-order valence-corrected chi connectivity index (χ2v) is 7.07. The van der Waals surface area contributed by atoms with Gasteiger partial charge in [0.1, 0.15) is 10.8 Å². The van der Waals surface area contributed by atoms with E-state index in [4.69, 9.17) is 23.2 Å². The Hall–Kier alpha value is -2.51. The van der Waals surface area contributed by atoms with Crippen LogP contribution >= 0.6 is 23.2 Å². The van der Waals surface area contributed by atoms with Crippen molar-refractivity contribution < 1.29 is 0 Å². The predicted molar refractivity (Wildman–Crippen MR) is 105 cm³/mol. The standard InChI is InChI=1S/C17H16Cl2N6O/c1-23(2)17-21-15-11(16(26)24(17)3)9(7-20-15)8-5-6-10-12(13(8)18)14(19)25(4)22-10/h5-7,20H,1-4H3. The first-order chi connectivity index (χ1) is 12.3. The molecule has 4 rings (SSSR count). The molecular weight excluding hydrogens is 375 g/mol. The maximum absolute atomic E-state index is 12.9. The van der Waals surface area contributed by atoms with Crippen molar-refractivity contribution in [3.63, 3.8) is 0 Å². The lowest BCUT2D eigenvalue weighted by molar-refractivity contribution is 0.780. The molecule has 1 N–H and O–H groups in total. The highest BCUT2D eigenvalue weighted by Gasteiger charge is 2.20. The topological polar surface area (TPSA) is 71.7 Å². The van der Waals surface area contributed by atoms with Crippen molar-refractivity contribution in [1.29, 1.82) is 0 Å². The molecule has 0 aliphatic heterocycles. The molecule has 0 aliphatic rings. The number of hydrogen-bond acceptors (Lipinski definition) is 4. The normalized spacial score (nSPS) is 11.6. The number of nitrogens with one attached hydrogen (secondary N) is 1. The molecule has 0 unspecified atom stereocenters. The number of hydrogen-bond donors (Lipinski definition) is 1. The highest BCUT2D eigenvalue weighted by Crippen LogP contribution is 2.39. The van der Waals surface area contributed by atoms with E-state index >= 15 is 0 Å². The Morgan fingerprint density at radius 1 is 1.12 bits per heavy atom. The number of anilines is 1. The lowest BCUT2D eigenvalue weighted by Crippen LogP contribution is -2.26. The number of aromatic amines is 1. The van der Waals surface area contributed by atoms with Gasteiger partial charge in [0.2, 0.25) is 5.95 Å². The summed E-state index contributed by atoms with van der Waals surface area (Å²) in [7, 11) is 7.13. The SMILES string of the molecule is CN(C)c1nc2[nH]cc(-c3ccc4nn(C)c(Cl)c4c3Cl)c2c(=O)n1C. The molecule has 0 saturated heterocycles. The molecule has 134 valence electrons. The van der Waals surface area contributed by atoms with E-state index in [9.17, 15) is 4.79 Å². The number of nitrogens with zero attached hydrogens (tertiary/aromatic N) is 5. The van der Waals surface area contributed by atoms with Crippen LogP contribution in [-0.2, 0) is 14.1 Å². The van der Waals surface area contributed by atoms with E-state index < -0.39 is 0 Å². The third-order valence-corrected chi connectivity index (χ3v) is 5.27. The van der Waals surface area contributed by atoms with Gasteiger partial charge in [-0.1, -0.05) is 29.3 Å². The Balaban J connectivity index is 2.06. The molecule has 0 fully saturated rings. The number of halogens is 2. The molecule has 0 saturated carbocycles. The summed E-state index contributed by atoms with van der Waals surface area (Å²) in [6.07, 6.45) is 1.75. The average Bonchev–Trinajstić information content (AvgIpc) is 3.13. The highest BCUT2D eigenvalue weighted by atomic mass is 35.5. The smallest absolute Gasteiger partial charge is 0.264 e. The van der Waals surface area contributed by atoms with Crippen molar-refractivity contribution in [3.05, 3.63) is 38.9 Å². The van der Waals surface area contributed by atoms with Crippen molar-refractivity contribution >= 4 is 51.1 Å². The number of benzene rings is 1. The molecule has 1 aromatic carbocycles. The minimum absolute atomic E-state index is 0.150. The fraction of sp³-hybridized carbons (Fsp3) is 0.235. The van der Waals surface area contributed by atoms with Crippen molar-refractivity contribution in [2.24, 2.45) is 14.1 Å². The highest BCUT2D eigenvalue weighted by molar-refractivity contribution is 6.43. The van der Waals surface area contributed by atoms with Crippen LogP contribution in [0.2, 0.25) is 10.2 Å². The van der Waals surface area contributed by atoms with E-state index in [1.54, 1.807) is 29.9 Å². The lowest BCUT2D eigenvalue weighted by atomic mass is 10.0. The van der Waals surface area contributed by atoms with Gasteiger partial charge in [0.15, 0.2) is 0 Å². The van der Waals surface area contributed by atoms with E-state index in [1.807, 2.05) is 26.2 Å². The minimum Gasteiger partial charge on any atom is -0.348 e. The summed E-state index contributed by atoms with van der Waals surface area (Å²) in [5.41, 5.74) is 2.46. The number of H-pyrrole nitrogens is 1. The van der Waals surface area contributed by atoms with Crippen LogP contribution in [0.25, 0.3) is 33.1 Å². The summed E-state index contributed by atoms with van der Waals surface area (Å²) >= 11 is 13.0. The molecule has 3 heterocycles. The molecular formula is C17H16Cl2N6O. The maximum atomic E-state index is 12.9. The first-order valence-corrected chi connectivity index (χ1v) is 8.63. The van der Waals surface area contributed by atoms with E-state index in [0.717, 1.165) is 0 Å². The fourth-order valence-corrected chi connectivity index (χ4v) is 3.81. The molecule has 26 heavy (non-hydrogen) atoms. The van der Waals surface area contributed by atoms with E-state index in [-0.39, 0.29) is 5.56 Å². The second-order valence-electron chi connectivity index (χ2n) is 6.33. The molecule has 4 aromatic rings. The van der Waals surface area contributed by atoms with E-state index in [2.05, 4.69) is 15.1 Å².